The minimum Gasteiger partial charge on any atom is -0.352 e. The highest BCUT2D eigenvalue weighted by atomic mass is 79.9. The SMILES string of the molecule is CC1CCCCN1CCCNC(=O)c1ccc2c(c1)C(=O)N(Cc1ccc(Br)cc1)C2. The molecule has 6 heteroatoms. The maximum atomic E-state index is 12.9. The number of nitrogens with zero attached hydrogens (tertiary/aromatic N) is 2. The summed E-state index contributed by atoms with van der Waals surface area (Å²) in [4.78, 5) is 29.9. The van der Waals surface area contributed by atoms with Crippen molar-refractivity contribution < 1.29 is 9.59 Å². The molecule has 1 unspecified atom stereocenters. The quantitative estimate of drug-likeness (QED) is 0.585. The summed E-state index contributed by atoms with van der Waals surface area (Å²) < 4.78 is 1.02. The van der Waals surface area contributed by atoms with Gasteiger partial charge in [0.15, 0.2) is 0 Å². The van der Waals surface area contributed by atoms with Crippen LogP contribution in [0.1, 0.15) is 64.4 Å². The summed E-state index contributed by atoms with van der Waals surface area (Å²) in [6, 6.07) is 14.1. The van der Waals surface area contributed by atoms with Crippen molar-refractivity contribution in [2.75, 3.05) is 19.6 Å². The van der Waals surface area contributed by atoms with Crippen LogP contribution in [0.15, 0.2) is 46.9 Å². The van der Waals surface area contributed by atoms with Crippen molar-refractivity contribution in [2.45, 2.75) is 51.7 Å². The number of likely N-dealkylation sites (tertiary alicyclic amines) is 1. The lowest BCUT2D eigenvalue weighted by atomic mass is 10.0. The number of piperidine rings is 1. The van der Waals surface area contributed by atoms with Gasteiger partial charge in [0.05, 0.1) is 0 Å². The van der Waals surface area contributed by atoms with Crippen LogP contribution in [0.25, 0.3) is 0 Å². The monoisotopic (exact) mass is 483 g/mol. The standard InChI is InChI=1S/C25H30BrN3O2/c1-18-5-2-3-13-28(18)14-4-12-27-24(30)20-8-9-21-17-29(25(31)23(21)15-20)16-19-6-10-22(26)11-7-19/h6-11,15,18H,2-5,12-14,16-17H2,1H3,(H,27,30). The third-order valence-corrected chi connectivity index (χ3v) is 6.91. The van der Waals surface area contributed by atoms with Crippen molar-refractivity contribution in [3.63, 3.8) is 0 Å². The summed E-state index contributed by atoms with van der Waals surface area (Å²) in [6.45, 7) is 6.29. The second-order valence-electron chi connectivity index (χ2n) is 8.65. The number of amides is 2. The van der Waals surface area contributed by atoms with Gasteiger partial charge >= 0.3 is 0 Å². The highest BCUT2D eigenvalue weighted by Crippen LogP contribution is 2.26. The molecule has 0 spiro atoms. The number of halogens is 1. The van der Waals surface area contributed by atoms with Crippen molar-refractivity contribution >= 4 is 27.7 Å². The molecule has 2 amide bonds. The normalized spacial score (nSPS) is 18.8. The first-order chi connectivity index (χ1) is 15.0. The number of nitrogens with one attached hydrogen (secondary N) is 1. The summed E-state index contributed by atoms with van der Waals surface area (Å²) in [5.74, 6) is -0.111. The van der Waals surface area contributed by atoms with Crippen LogP contribution in [-0.4, -0.2) is 47.3 Å². The Hall–Kier alpha value is -2.18. The van der Waals surface area contributed by atoms with Gasteiger partial charge in [0.25, 0.3) is 11.8 Å². The fourth-order valence-electron chi connectivity index (χ4n) is 4.52. The van der Waals surface area contributed by atoms with E-state index < -0.39 is 0 Å². The van der Waals surface area contributed by atoms with Crippen LogP contribution in [0, 0.1) is 0 Å². The Labute approximate surface area is 192 Å². The summed E-state index contributed by atoms with van der Waals surface area (Å²) >= 11 is 3.44. The minimum atomic E-state index is -0.103. The number of benzene rings is 2. The molecular formula is C25H30BrN3O2. The molecule has 0 saturated carbocycles. The Morgan fingerprint density at radius 3 is 2.74 bits per heavy atom. The maximum absolute atomic E-state index is 12.9. The van der Waals surface area contributed by atoms with E-state index >= 15 is 0 Å². The molecule has 1 atom stereocenters. The van der Waals surface area contributed by atoms with Gasteiger partial charge in [-0.25, -0.2) is 0 Å². The first kappa shape index (κ1) is 22.0. The Morgan fingerprint density at radius 2 is 1.97 bits per heavy atom. The molecule has 31 heavy (non-hydrogen) atoms. The van der Waals surface area contributed by atoms with Gasteiger partial charge < -0.3 is 15.1 Å². The number of hydrogen-bond donors (Lipinski definition) is 1. The van der Waals surface area contributed by atoms with Gasteiger partial charge in [0.2, 0.25) is 0 Å². The minimum absolute atomic E-state index is 0.00773. The molecule has 1 saturated heterocycles. The summed E-state index contributed by atoms with van der Waals surface area (Å²) in [5, 5.41) is 3.02. The number of fused-ring (bicyclic) bond motifs is 1. The van der Waals surface area contributed by atoms with Crippen molar-refractivity contribution in [1.82, 2.24) is 15.1 Å². The van der Waals surface area contributed by atoms with Crippen molar-refractivity contribution in [1.29, 1.82) is 0 Å². The zero-order chi connectivity index (χ0) is 21.8. The average Bonchev–Trinajstić information content (AvgIpc) is 3.08. The zero-order valence-corrected chi connectivity index (χ0v) is 19.7. The molecule has 2 heterocycles. The fraction of sp³-hybridized carbons (Fsp3) is 0.440. The molecule has 5 nitrogen and oxygen atoms in total. The molecule has 0 bridgehead atoms. The van der Waals surface area contributed by atoms with E-state index in [2.05, 4.69) is 33.1 Å². The van der Waals surface area contributed by atoms with Crippen molar-refractivity contribution in [3.05, 3.63) is 69.2 Å². The van der Waals surface area contributed by atoms with Crippen LogP contribution >= 0.6 is 15.9 Å². The summed E-state index contributed by atoms with van der Waals surface area (Å²) in [5.41, 5.74) is 3.28. The van der Waals surface area contributed by atoms with E-state index in [1.807, 2.05) is 41.3 Å². The van der Waals surface area contributed by atoms with Crippen LogP contribution in [0.5, 0.6) is 0 Å². The highest BCUT2D eigenvalue weighted by Gasteiger charge is 2.28. The van der Waals surface area contributed by atoms with E-state index in [1.165, 1.54) is 25.8 Å². The summed E-state index contributed by atoms with van der Waals surface area (Å²) in [6.07, 6.45) is 4.82. The topological polar surface area (TPSA) is 52.7 Å². The first-order valence-corrected chi connectivity index (χ1v) is 12.0. The van der Waals surface area contributed by atoms with Gasteiger partial charge in [0.1, 0.15) is 0 Å². The van der Waals surface area contributed by atoms with E-state index in [-0.39, 0.29) is 11.8 Å². The Morgan fingerprint density at radius 1 is 1.16 bits per heavy atom. The number of carbonyl (C=O) groups is 2. The van der Waals surface area contributed by atoms with E-state index in [0.717, 1.165) is 28.6 Å². The predicted molar refractivity (Wildman–Crippen MR) is 126 cm³/mol. The maximum Gasteiger partial charge on any atom is 0.254 e. The fourth-order valence-corrected chi connectivity index (χ4v) is 4.78. The van der Waals surface area contributed by atoms with E-state index in [4.69, 9.17) is 0 Å². The zero-order valence-electron chi connectivity index (χ0n) is 18.1. The molecule has 2 aliphatic heterocycles. The number of hydrogen-bond acceptors (Lipinski definition) is 3. The van der Waals surface area contributed by atoms with Crippen LogP contribution < -0.4 is 5.32 Å². The van der Waals surface area contributed by atoms with E-state index in [9.17, 15) is 9.59 Å². The molecule has 2 aliphatic rings. The first-order valence-electron chi connectivity index (χ1n) is 11.2. The number of rotatable bonds is 7. The van der Waals surface area contributed by atoms with E-state index in [1.54, 1.807) is 6.07 Å². The van der Waals surface area contributed by atoms with Crippen LogP contribution in [0.4, 0.5) is 0 Å². The van der Waals surface area contributed by atoms with Crippen LogP contribution in [0.3, 0.4) is 0 Å². The highest BCUT2D eigenvalue weighted by molar-refractivity contribution is 9.10. The molecule has 0 aromatic heterocycles. The van der Waals surface area contributed by atoms with Crippen molar-refractivity contribution in [3.8, 4) is 0 Å². The number of carbonyl (C=O) groups excluding carboxylic acids is 2. The molecule has 164 valence electrons. The Balaban J connectivity index is 1.30. The van der Waals surface area contributed by atoms with Gasteiger partial charge in [0, 0.05) is 47.8 Å². The molecular weight excluding hydrogens is 454 g/mol. The van der Waals surface area contributed by atoms with Gasteiger partial charge in [-0.05, 0) is 68.1 Å². The second-order valence-corrected chi connectivity index (χ2v) is 9.57. The third-order valence-electron chi connectivity index (χ3n) is 6.39. The third kappa shape index (κ3) is 5.36. The molecule has 1 N–H and O–H groups in total. The lowest BCUT2D eigenvalue weighted by molar-refractivity contribution is 0.0766. The lowest BCUT2D eigenvalue weighted by Crippen LogP contribution is -2.39. The van der Waals surface area contributed by atoms with Gasteiger partial charge in [-0.2, -0.15) is 0 Å². The van der Waals surface area contributed by atoms with Crippen molar-refractivity contribution in [2.24, 2.45) is 0 Å². The van der Waals surface area contributed by atoms with Crippen LogP contribution in [0.2, 0.25) is 0 Å². The molecule has 4 rings (SSSR count). The van der Waals surface area contributed by atoms with Gasteiger partial charge in [-0.3, -0.25) is 9.59 Å². The van der Waals surface area contributed by atoms with Crippen LogP contribution in [-0.2, 0) is 13.1 Å². The molecule has 2 aromatic carbocycles. The molecule has 0 aliphatic carbocycles. The Kier molecular flexibility index (Phi) is 7.08. The molecule has 0 radical (unpaired) electrons. The molecule has 2 aromatic rings. The van der Waals surface area contributed by atoms with Gasteiger partial charge in [-0.1, -0.05) is 40.5 Å². The molecule has 1 fully saturated rings. The van der Waals surface area contributed by atoms with Gasteiger partial charge in [-0.15, -0.1) is 0 Å². The lowest BCUT2D eigenvalue weighted by Gasteiger charge is -2.33. The van der Waals surface area contributed by atoms with E-state index in [0.29, 0.717) is 36.8 Å². The summed E-state index contributed by atoms with van der Waals surface area (Å²) in [7, 11) is 0. The average molecular weight is 484 g/mol. The largest absolute Gasteiger partial charge is 0.352 e. The smallest absolute Gasteiger partial charge is 0.254 e. The Bertz CT molecular complexity index is 944. The predicted octanol–water partition coefficient (Wildman–Crippen LogP) is 4.60. The second kappa shape index (κ2) is 9.96.